The van der Waals surface area contributed by atoms with Crippen molar-refractivity contribution < 1.29 is 18.8 Å². The number of nitrogens with zero attached hydrogens (tertiary/aromatic N) is 2. The molecule has 0 radical (unpaired) electrons. The maximum atomic E-state index is 14.0. The van der Waals surface area contributed by atoms with Gasteiger partial charge in [0.15, 0.2) is 0 Å². The topological polar surface area (TPSA) is 72.7 Å². The number of likely N-dealkylation sites (tertiary alicyclic amines) is 1. The molecule has 0 bridgehead atoms. The van der Waals surface area contributed by atoms with E-state index in [1.54, 1.807) is 4.90 Å². The van der Waals surface area contributed by atoms with E-state index in [9.17, 15) is 19.3 Å². The van der Waals surface area contributed by atoms with E-state index < -0.39 is 16.6 Å². The van der Waals surface area contributed by atoms with Crippen LogP contribution in [-0.2, 0) is 0 Å². The van der Waals surface area contributed by atoms with E-state index in [-0.39, 0.29) is 22.9 Å². The minimum absolute atomic E-state index is 0.00342. The van der Waals surface area contributed by atoms with Crippen LogP contribution in [0.3, 0.4) is 0 Å². The van der Waals surface area contributed by atoms with Crippen molar-refractivity contribution in [3.8, 4) is 5.75 Å². The van der Waals surface area contributed by atoms with Crippen LogP contribution in [-0.4, -0.2) is 34.9 Å². The van der Waals surface area contributed by atoms with Gasteiger partial charge in [-0.25, -0.2) is 4.39 Å². The molecule has 1 saturated heterocycles. The Morgan fingerprint density at radius 2 is 1.86 bits per heavy atom. The Kier molecular flexibility index (Phi) is 5.63. The van der Waals surface area contributed by atoms with Gasteiger partial charge in [0.2, 0.25) is 0 Å². The van der Waals surface area contributed by atoms with Crippen LogP contribution in [0.25, 0.3) is 0 Å². The van der Waals surface area contributed by atoms with Crippen LogP contribution in [0.4, 0.5) is 10.1 Å². The number of carbonyl (C=O) groups excluding carboxylic acids is 1. The molecule has 0 aliphatic carbocycles. The molecule has 0 saturated carbocycles. The summed E-state index contributed by atoms with van der Waals surface area (Å²) in [5.41, 5.74) is 1.74. The van der Waals surface area contributed by atoms with Crippen molar-refractivity contribution in [1.29, 1.82) is 0 Å². The fourth-order valence-corrected chi connectivity index (χ4v) is 3.35. The molecule has 1 fully saturated rings. The van der Waals surface area contributed by atoms with Gasteiger partial charge in [-0.2, -0.15) is 0 Å². The number of halogens is 1. The molecule has 1 heterocycles. The number of piperidine rings is 1. The molecule has 1 aliphatic rings. The van der Waals surface area contributed by atoms with Gasteiger partial charge in [0, 0.05) is 37.6 Å². The van der Waals surface area contributed by atoms with Crippen molar-refractivity contribution in [2.45, 2.75) is 39.7 Å². The number of carbonyl (C=O) groups is 1. The van der Waals surface area contributed by atoms with Gasteiger partial charge >= 0.3 is 0 Å². The summed E-state index contributed by atoms with van der Waals surface area (Å²) in [6.45, 7) is 6.24. The molecule has 0 N–H and O–H groups in total. The molecule has 6 nitrogen and oxygen atoms in total. The van der Waals surface area contributed by atoms with Crippen LogP contribution >= 0.6 is 0 Å². The van der Waals surface area contributed by atoms with E-state index in [0.29, 0.717) is 25.9 Å². The minimum atomic E-state index is -0.745. The number of nitro benzene ring substituents is 1. The van der Waals surface area contributed by atoms with Gasteiger partial charge in [0.25, 0.3) is 11.6 Å². The summed E-state index contributed by atoms with van der Waals surface area (Å²) >= 11 is 0. The zero-order chi connectivity index (χ0) is 20.4. The van der Waals surface area contributed by atoms with Crippen molar-refractivity contribution in [2.75, 3.05) is 13.1 Å². The lowest BCUT2D eigenvalue weighted by molar-refractivity contribution is -0.385. The number of hydrogen-bond donors (Lipinski definition) is 0. The Labute approximate surface area is 163 Å². The molecule has 1 amide bonds. The predicted molar refractivity (Wildman–Crippen MR) is 103 cm³/mol. The fourth-order valence-electron chi connectivity index (χ4n) is 3.35. The summed E-state index contributed by atoms with van der Waals surface area (Å²) in [7, 11) is 0. The third-order valence-electron chi connectivity index (χ3n) is 5.13. The van der Waals surface area contributed by atoms with Gasteiger partial charge in [-0.05, 0) is 44.0 Å². The van der Waals surface area contributed by atoms with Crippen LogP contribution in [0.15, 0.2) is 30.3 Å². The molecule has 0 aromatic heterocycles. The highest BCUT2D eigenvalue weighted by molar-refractivity contribution is 5.95. The van der Waals surface area contributed by atoms with E-state index in [2.05, 4.69) is 0 Å². The van der Waals surface area contributed by atoms with Crippen molar-refractivity contribution in [2.24, 2.45) is 0 Å². The lowest BCUT2D eigenvalue weighted by Gasteiger charge is -2.32. The first-order valence-electron chi connectivity index (χ1n) is 9.24. The molecule has 148 valence electrons. The molecule has 2 aromatic rings. The summed E-state index contributed by atoms with van der Waals surface area (Å²) in [5.74, 6) is -0.293. The molecular weight excluding hydrogens is 363 g/mol. The highest BCUT2D eigenvalue weighted by Gasteiger charge is 2.27. The Hall–Kier alpha value is -2.96. The molecule has 0 unspecified atom stereocenters. The molecule has 0 spiro atoms. The monoisotopic (exact) mass is 386 g/mol. The Balaban J connectivity index is 1.67. The third-order valence-corrected chi connectivity index (χ3v) is 5.13. The first-order valence-corrected chi connectivity index (χ1v) is 9.24. The third kappa shape index (κ3) is 4.13. The molecule has 0 atom stereocenters. The average Bonchev–Trinajstić information content (AvgIpc) is 2.66. The first kappa shape index (κ1) is 19.8. The SMILES string of the molecule is Cc1ccc(C)c(OC2CCN(C(=O)c3cc(F)c(C)c([N+](=O)[O-])c3)CC2)c1. The quantitative estimate of drug-likeness (QED) is 0.579. The maximum absolute atomic E-state index is 14.0. The number of nitro groups is 1. The second-order valence-electron chi connectivity index (χ2n) is 7.24. The largest absolute Gasteiger partial charge is 0.490 e. The smallest absolute Gasteiger partial charge is 0.276 e. The van der Waals surface area contributed by atoms with Gasteiger partial charge in [-0.15, -0.1) is 0 Å². The standard InChI is InChI=1S/C21H23FN2O4/c1-13-4-5-14(2)20(10-13)28-17-6-8-23(9-7-17)21(25)16-11-18(22)15(3)19(12-16)24(26)27/h4-5,10-12,17H,6-9H2,1-3H3. The summed E-state index contributed by atoms with van der Waals surface area (Å²) in [6.07, 6.45) is 1.29. The molecule has 1 aliphatic heterocycles. The zero-order valence-corrected chi connectivity index (χ0v) is 16.2. The van der Waals surface area contributed by atoms with Gasteiger partial charge < -0.3 is 9.64 Å². The second-order valence-corrected chi connectivity index (χ2v) is 7.24. The normalized spacial score (nSPS) is 14.8. The van der Waals surface area contributed by atoms with Gasteiger partial charge in [-0.1, -0.05) is 12.1 Å². The predicted octanol–water partition coefficient (Wildman–Crippen LogP) is 4.34. The van der Waals surface area contributed by atoms with E-state index in [4.69, 9.17) is 4.74 Å². The molecular formula is C21H23FN2O4. The van der Waals surface area contributed by atoms with Crippen LogP contribution in [0.5, 0.6) is 5.75 Å². The summed E-state index contributed by atoms with van der Waals surface area (Å²) in [6, 6.07) is 8.27. The van der Waals surface area contributed by atoms with Crippen LogP contribution < -0.4 is 4.74 Å². The van der Waals surface area contributed by atoms with E-state index >= 15 is 0 Å². The van der Waals surface area contributed by atoms with Crippen molar-refractivity contribution in [3.63, 3.8) is 0 Å². The number of rotatable bonds is 4. The number of ether oxygens (including phenoxy) is 1. The first-order chi connectivity index (χ1) is 13.3. The molecule has 7 heteroatoms. The van der Waals surface area contributed by atoms with Crippen molar-refractivity contribution in [3.05, 3.63) is 68.5 Å². The minimum Gasteiger partial charge on any atom is -0.490 e. The van der Waals surface area contributed by atoms with Gasteiger partial charge in [0.05, 0.1) is 10.5 Å². The number of amides is 1. The number of benzene rings is 2. The Bertz CT molecular complexity index is 921. The van der Waals surface area contributed by atoms with Crippen LogP contribution in [0, 0.1) is 36.7 Å². The zero-order valence-electron chi connectivity index (χ0n) is 16.2. The summed E-state index contributed by atoms with van der Waals surface area (Å²) in [4.78, 5) is 24.7. The Morgan fingerprint density at radius 3 is 2.50 bits per heavy atom. The van der Waals surface area contributed by atoms with Gasteiger partial charge in [0.1, 0.15) is 17.7 Å². The Morgan fingerprint density at radius 1 is 1.18 bits per heavy atom. The number of aryl methyl sites for hydroxylation is 2. The van der Waals surface area contributed by atoms with E-state index in [1.807, 2.05) is 32.0 Å². The average molecular weight is 386 g/mol. The van der Waals surface area contributed by atoms with E-state index in [0.717, 1.165) is 29.0 Å². The highest BCUT2D eigenvalue weighted by Crippen LogP contribution is 2.26. The van der Waals surface area contributed by atoms with Crippen LogP contribution in [0.2, 0.25) is 0 Å². The highest BCUT2D eigenvalue weighted by atomic mass is 19.1. The summed E-state index contributed by atoms with van der Waals surface area (Å²) < 4.78 is 20.1. The maximum Gasteiger partial charge on any atom is 0.276 e. The fraction of sp³-hybridized carbons (Fsp3) is 0.381. The van der Waals surface area contributed by atoms with Crippen LogP contribution in [0.1, 0.15) is 39.9 Å². The van der Waals surface area contributed by atoms with E-state index in [1.165, 1.54) is 6.92 Å². The van der Waals surface area contributed by atoms with Crippen molar-refractivity contribution in [1.82, 2.24) is 4.90 Å². The molecule has 28 heavy (non-hydrogen) atoms. The number of hydrogen-bond acceptors (Lipinski definition) is 4. The lowest BCUT2D eigenvalue weighted by Crippen LogP contribution is -2.41. The van der Waals surface area contributed by atoms with Gasteiger partial charge in [-0.3, -0.25) is 14.9 Å². The van der Waals surface area contributed by atoms with Crippen molar-refractivity contribution >= 4 is 11.6 Å². The molecule has 3 rings (SSSR count). The molecule has 2 aromatic carbocycles. The lowest BCUT2D eigenvalue weighted by atomic mass is 10.0. The summed E-state index contributed by atoms with van der Waals surface area (Å²) in [5, 5.41) is 11.1. The second kappa shape index (κ2) is 7.96.